The van der Waals surface area contributed by atoms with Crippen LogP contribution < -0.4 is 0 Å². The number of esters is 1. The smallest absolute Gasteiger partial charge is 0.312 e. The summed E-state index contributed by atoms with van der Waals surface area (Å²) in [5.41, 5.74) is -0.460. The quantitative estimate of drug-likeness (QED) is 0.638. The van der Waals surface area contributed by atoms with E-state index in [0.717, 1.165) is 12.8 Å². The van der Waals surface area contributed by atoms with Crippen molar-refractivity contribution in [1.82, 2.24) is 0 Å². The molecule has 2 atom stereocenters. The molecule has 4 aliphatic rings. The Labute approximate surface area is 124 Å². The molecule has 118 valence electrons. The molecule has 0 aromatic rings. The average Bonchev–Trinajstić information content (AvgIpc) is 3.27. The topological polar surface area (TPSA) is 71.6 Å². The Bertz CT molecular complexity index is 459. The molecular weight excluding hydrogens is 272 g/mol. The van der Waals surface area contributed by atoms with Gasteiger partial charge in [-0.1, -0.05) is 19.3 Å². The van der Waals surface area contributed by atoms with Gasteiger partial charge < -0.3 is 19.3 Å². The summed E-state index contributed by atoms with van der Waals surface area (Å²) in [5.74, 6) is -1.83. The first-order chi connectivity index (χ1) is 9.90. The van der Waals surface area contributed by atoms with Crippen molar-refractivity contribution in [1.29, 1.82) is 0 Å². The highest BCUT2D eigenvalue weighted by Crippen LogP contribution is 2.75. The van der Waals surface area contributed by atoms with Gasteiger partial charge in [0.15, 0.2) is 0 Å². The van der Waals surface area contributed by atoms with Gasteiger partial charge in [-0.25, -0.2) is 0 Å². The van der Waals surface area contributed by atoms with Crippen LogP contribution in [0.4, 0.5) is 0 Å². The molecule has 4 fully saturated rings. The molecule has 2 aliphatic heterocycles. The Morgan fingerprint density at radius 1 is 1.19 bits per heavy atom. The molecule has 0 spiro atoms. The largest absolute Gasteiger partial charge is 0.459 e. The average molecular weight is 296 g/mol. The van der Waals surface area contributed by atoms with Crippen LogP contribution in [0.15, 0.2) is 0 Å². The van der Waals surface area contributed by atoms with Crippen LogP contribution in [0.5, 0.6) is 0 Å². The van der Waals surface area contributed by atoms with Crippen LogP contribution in [0, 0.1) is 11.8 Å². The zero-order valence-corrected chi connectivity index (χ0v) is 12.8. The molecule has 0 radical (unpaired) electrons. The van der Waals surface area contributed by atoms with E-state index in [1.807, 2.05) is 13.8 Å². The van der Waals surface area contributed by atoms with E-state index in [4.69, 9.17) is 14.2 Å². The molecule has 2 heterocycles. The molecule has 5 nitrogen and oxygen atoms in total. The zero-order chi connectivity index (χ0) is 14.9. The van der Waals surface area contributed by atoms with Gasteiger partial charge in [0.2, 0.25) is 5.79 Å². The zero-order valence-electron chi connectivity index (χ0n) is 12.8. The monoisotopic (exact) mass is 296 g/mol. The fourth-order valence-electron chi connectivity index (χ4n) is 4.30. The molecule has 0 aromatic heterocycles. The molecule has 2 saturated carbocycles. The van der Waals surface area contributed by atoms with Crippen LogP contribution in [0.25, 0.3) is 0 Å². The van der Waals surface area contributed by atoms with E-state index in [0.29, 0.717) is 18.8 Å². The fourth-order valence-corrected chi connectivity index (χ4v) is 4.30. The van der Waals surface area contributed by atoms with E-state index in [1.54, 1.807) is 0 Å². The van der Waals surface area contributed by atoms with Gasteiger partial charge in [-0.05, 0) is 39.0 Å². The number of carbonyl (C=O) groups is 1. The van der Waals surface area contributed by atoms with Gasteiger partial charge >= 0.3 is 5.97 Å². The lowest BCUT2D eigenvalue weighted by Crippen LogP contribution is -2.44. The van der Waals surface area contributed by atoms with Crippen LogP contribution in [-0.2, 0) is 19.0 Å². The Kier molecular flexibility index (Phi) is 2.80. The van der Waals surface area contributed by atoms with Gasteiger partial charge in [-0.15, -0.1) is 0 Å². The highest BCUT2D eigenvalue weighted by atomic mass is 17.1. The molecule has 1 N–H and O–H groups in total. The van der Waals surface area contributed by atoms with Gasteiger partial charge in [0.1, 0.15) is 11.7 Å². The third-order valence-electron chi connectivity index (χ3n) is 5.89. The predicted molar refractivity (Wildman–Crippen MR) is 73.1 cm³/mol. The second-order valence-corrected chi connectivity index (χ2v) is 7.57. The minimum atomic E-state index is -0.888. The second kappa shape index (κ2) is 4.21. The number of aliphatic hydroxyl groups is 1. The summed E-state index contributed by atoms with van der Waals surface area (Å²) in [4.78, 5) is 12.5. The maximum atomic E-state index is 12.5. The van der Waals surface area contributed by atoms with E-state index >= 15 is 0 Å². The highest BCUT2D eigenvalue weighted by molar-refractivity contribution is 5.74. The number of epoxide rings is 2. The van der Waals surface area contributed by atoms with Crippen molar-refractivity contribution in [3.63, 3.8) is 0 Å². The predicted octanol–water partition coefficient (Wildman–Crippen LogP) is 2.11. The van der Waals surface area contributed by atoms with Crippen molar-refractivity contribution in [3.8, 4) is 0 Å². The SMILES string of the molecule is CC(C)(OC(=O)C1CCC23OC2(O3)C1O)C1CCCCC1. The first-order valence-corrected chi connectivity index (χ1v) is 8.21. The van der Waals surface area contributed by atoms with Gasteiger partial charge in [0, 0.05) is 6.42 Å². The summed E-state index contributed by atoms with van der Waals surface area (Å²) < 4.78 is 16.6. The molecule has 21 heavy (non-hydrogen) atoms. The standard InChI is InChI=1S/C16H24O5/c1-14(2,10-6-4-3-5-7-10)19-13(18)11-8-9-15-16(20-15,21-15)12(11)17/h10-12,17H,3-9H2,1-2H3. The fraction of sp³-hybridized carbons (Fsp3) is 0.938. The number of hydrogen-bond acceptors (Lipinski definition) is 5. The van der Waals surface area contributed by atoms with Crippen molar-refractivity contribution < 1.29 is 24.1 Å². The molecule has 2 saturated heterocycles. The maximum Gasteiger partial charge on any atom is 0.312 e. The van der Waals surface area contributed by atoms with Crippen molar-refractivity contribution in [2.75, 3.05) is 0 Å². The lowest BCUT2D eigenvalue weighted by atomic mass is 9.78. The van der Waals surface area contributed by atoms with Gasteiger partial charge in [-0.2, -0.15) is 0 Å². The van der Waals surface area contributed by atoms with Crippen molar-refractivity contribution >= 4 is 5.97 Å². The van der Waals surface area contributed by atoms with E-state index in [9.17, 15) is 9.90 Å². The molecule has 2 aliphatic carbocycles. The minimum Gasteiger partial charge on any atom is -0.459 e. The third-order valence-corrected chi connectivity index (χ3v) is 5.89. The van der Waals surface area contributed by atoms with Gasteiger partial charge in [-0.3, -0.25) is 4.79 Å². The molecule has 0 aromatic carbocycles. The lowest BCUT2D eigenvalue weighted by Gasteiger charge is -2.37. The number of aliphatic hydroxyl groups excluding tert-OH is 1. The normalized spacial score (nSPS) is 45.5. The summed E-state index contributed by atoms with van der Waals surface area (Å²) in [7, 11) is 0. The molecule has 2 unspecified atom stereocenters. The number of carbonyl (C=O) groups excluding carboxylic acids is 1. The molecule has 5 heteroatoms. The first kappa shape index (κ1) is 14.0. The summed E-state index contributed by atoms with van der Waals surface area (Å²) in [5, 5.41) is 10.3. The second-order valence-electron chi connectivity index (χ2n) is 7.57. The first-order valence-electron chi connectivity index (χ1n) is 8.21. The minimum absolute atomic E-state index is 0.299. The van der Waals surface area contributed by atoms with Crippen molar-refractivity contribution in [2.24, 2.45) is 11.8 Å². The number of rotatable bonds is 3. The number of ether oxygens (including phenoxy) is 3. The van der Waals surface area contributed by atoms with Crippen LogP contribution >= 0.6 is 0 Å². The van der Waals surface area contributed by atoms with E-state index in [1.165, 1.54) is 19.3 Å². The third kappa shape index (κ3) is 1.90. The molecular formula is C16H24O5. The summed E-state index contributed by atoms with van der Waals surface area (Å²) in [6.45, 7) is 4.00. The molecule has 0 amide bonds. The highest BCUT2D eigenvalue weighted by Gasteiger charge is 2.95. The van der Waals surface area contributed by atoms with Gasteiger partial charge in [0.05, 0.1) is 5.92 Å². The van der Waals surface area contributed by atoms with E-state index in [-0.39, 0.29) is 5.97 Å². The van der Waals surface area contributed by atoms with Crippen LogP contribution in [0.1, 0.15) is 58.8 Å². The van der Waals surface area contributed by atoms with E-state index in [2.05, 4.69) is 0 Å². The Balaban J connectivity index is 1.40. The van der Waals surface area contributed by atoms with Crippen molar-refractivity contribution in [3.05, 3.63) is 0 Å². The van der Waals surface area contributed by atoms with Crippen molar-refractivity contribution in [2.45, 2.75) is 82.1 Å². The van der Waals surface area contributed by atoms with Gasteiger partial charge in [0.25, 0.3) is 5.79 Å². The summed E-state index contributed by atoms with van der Waals surface area (Å²) >= 11 is 0. The van der Waals surface area contributed by atoms with Crippen LogP contribution in [0.2, 0.25) is 0 Å². The maximum absolute atomic E-state index is 12.5. The summed E-state index contributed by atoms with van der Waals surface area (Å²) in [6.07, 6.45) is 6.30. The van der Waals surface area contributed by atoms with Crippen LogP contribution in [0.3, 0.4) is 0 Å². The molecule has 4 rings (SSSR count). The summed E-state index contributed by atoms with van der Waals surface area (Å²) in [6, 6.07) is 0. The lowest BCUT2D eigenvalue weighted by molar-refractivity contribution is -0.179. The van der Waals surface area contributed by atoms with E-state index < -0.39 is 29.2 Å². The Hall–Kier alpha value is -0.650. The van der Waals surface area contributed by atoms with Crippen LogP contribution in [-0.4, -0.2) is 34.4 Å². The molecule has 0 bridgehead atoms. The number of hydrogen-bond donors (Lipinski definition) is 1. The Morgan fingerprint density at radius 3 is 2.52 bits per heavy atom. The Morgan fingerprint density at radius 2 is 1.86 bits per heavy atom.